The van der Waals surface area contributed by atoms with E-state index < -0.39 is 5.97 Å². The number of phenols is 1. The second-order valence-electron chi connectivity index (χ2n) is 9.21. The molecule has 2 N–H and O–H groups in total. The minimum absolute atomic E-state index is 0.130. The molecule has 2 aromatic heterocycles. The van der Waals surface area contributed by atoms with E-state index in [1.165, 1.54) is 17.4 Å². The van der Waals surface area contributed by atoms with Gasteiger partial charge in [-0.05, 0) is 60.4 Å². The molecule has 2 aromatic carbocycles. The summed E-state index contributed by atoms with van der Waals surface area (Å²) in [7, 11) is 0. The monoisotopic (exact) mass is 475 g/mol. The molecule has 1 saturated heterocycles. The molecule has 4 aromatic rings. The maximum Gasteiger partial charge on any atom is 0.309 e. The fraction of sp³-hybridized carbons (Fsp3) is 0.269. The van der Waals surface area contributed by atoms with Crippen molar-refractivity contribution in [2.24, 2.45) is 5.92 Å². The largest absolute Gasteiger partial charge is 0.508 e. The minimum Gasteiger partial charge on any atom is -0.508 e. The van der Waals surface area contributed by atoms with E-state index in [9.17, 15) is 14.3 Å². The van der Waals surface area contributed by atoms with E-state index in [-0.39, 0.29) is 22.9 Å². The number of aliphatic carboxylic acids is 1. The Morgan fingerprint density at radius 1 is 1.09 bits per heavy atom. The summed E-state index contributed by atoms with van der Waals surface area (Å²) < 4.78 is 15.0. The second-order valence-corrected chi connectivity index (χ2v) is 10.2. The summed E-state index contributed by atoms with van der Waals surface area (Å²) in [5, 5.41) is 19.2. The van der Waals surface area contributed by atoms with Gasteiger partial charge in [0.15, 0.2) is 0 Å². The van der Waals surface area contributed by atoms with Gasteiger partial charge in [-0.25, -0.2) is 14.4 Å². The normalized spacial score (nSPS) is 17.6. The predicted molar refractivity (Wildman–Crippen MR) is 127 cm³/mol. The fourth-order valence-electron chi connectivity index (χ4n) is 4.74. The van der Waals surface area contributed by atoms with Crippen molar-refractivity contribution in [3.8, 4) is 16.3 Å². The quantitative estimate of drug-likeness (QED) is 0.417. The maximum atomic E-state index is 15.0. The number of benzene rings is 2. The molecule has 8 heteroatoms. The molecule has 6 nitrogen and oxygen atoms in total. The number of pyridine rings is 1. The first-order chi connectivity index (χ1) is 16.4. The molecule has 6 rings (SSSR count). The lowest BCUT2D eigenvalue weighted by molar-refractivity contribution is -0.147. The molecular formula is C26H22FN3O3S. The second kappa shape index (κ2) is 7.85. The van der Waals surface area contributed by atoms with Gasteiger partial charge in [0.25, 0.3) is 0 Å². The van der Waals surface area contributed by atoms with Crippen LogP contribution < -0.4 is 0 Å². The Labute approximate surface area is 199 Å². The molecule has 2 fully saturated rings. The highest BCUT2D eigenvalue weighted by Crippen LogP contribution is 2.53. The molecule has 0 amide bonds. The van der Waals surface area contributed by atoms with Gasteiger partial charge in [-0.1, -0.05) is 29.5 Å². The lowest BCUT2D eigenvalue weighted by atomic mass is 9.92. The van der Waals surface area contributed by atoms with E-state index in [0.717, 1.165) is 40.0 Å². The van der Waals surface area contributed by atoms with Gasteiger partial charge in [0.05, 0.1) is 11.6 Å². The van der Waals surface area contributed by atoms with E-state index in [1.54, 1.807) is 18.2 Å². The predicted octanol–water partition coefficient (Wildman–Crippen LogP) is 4.80. The van der Waals surface area contributed by atoms with Crippen LogP contribution in [0.3, 0.4) is 0 Å². The van der Waals surface area contributed by atoms with Gasteiger partial charge in [-0.2, -0.15) is 0 Å². The Morgan fingerprint density at radius 2 is 1.85 bits per heavy atom. The van der Waals surface area contributed by atoms with Gasteiger partial charge in [0, 0.05) is 30.6 Å². The Hall–Kier alpha value is -3.36. The third-order valence-corrected chi connectivity index (χ3v) is 7.89. The van der Waals surface area contributed by atoms with Crippen LogP contribution in [0, 0.1) is 11.7 Å². The lowest BCUT2D eigenvalue weighted by Crippen LogP contribution is -2.49. The number of aromatic nitrogens is 2. The summed E-state index contributed by atoms with van der Waals surface area (Å²) in [6, 6.07) is 16.4. The summed E-state index contributed by atoms with van der Waals surface area (Å²) in [5.74, 6) is -1.19. The number of likely N-dealkylation sites (tertiary alicyclic amines) is 1. The van der Waals surface area contributed by atoms with Crippen molar-refractivity contribution in [2.75, 3.05) is 13.1 Å². The van der Waals surface area contributed by atoms with Crippen LogP contribution in [-0.4, -0.2) is 44.1 Å². The third-order valence-electron chi connectivity index (χ3n) is 6.89. The van der Waals surface area contributed by atoms with Crippen molar-refractivity contribution in [3.05, 3.63) is 77.2 Å². The molecule has 0 spiro atoms. The number of nitrogens with zero attached hydrogens (tertiary/aromatic N) is 3. The van der Waals surface area contributed by atoms with E-state index in [4.69, 9.17) is 10.1 Å². The molecule has 2 aliphatic rings. The van der Waals surface area contributed by atoms with Crippen molar-refractivity contribution < 1.29 is 19.4 Å². The zero-order chi connectivity index (χ0) is 23.4. The van der Waals surface area contributed by atoms with Crippen molar-refractivity contribution in [1.29, 1.82) is 0 Å². The highest BCUT2D eigenvalue weighted by atomic mass is 32.1. The zero-order valence-corrected chi connectivity index (χ0v) is 19.1. The van der Waals surface area contributed by atoms with Crippen LogP contribution in [0.4, 0.5) is 4.39 Å². The number of halogens is 1. The first-order valence-electron chi connectivity index (χ1n) is 11.2. The number of carboxylic acid groups (broad SMARTS) is 1. The number of thiazole rings is 1. The van der Waals surface area contributed by atoms with Gasteiger partial charge in [-0.3, -0.25) is 9.69 Å². The minimum atomic E-state index is -0.777. The fourth-order valence-corrected chi connectivity index (χ4v) is 5.71. The number of carbonyl (C=O) groups is 1. The van der Waals surface area contributed by atoms with E-state index in [2.05, 4.69) is 4.98 Å². The molecule has 1 aliphatic carbocycles. The highest BCUT2D eigenvalue weighted by Gasteiger charge is 2.47. The van der Waals surface area contributed by atoms with Crippen LogP contribution in [0.15, 0.2) is 54.6 Å². The van der Waals surface area contributed by atoms with E-state index in [0.29, 0.717) is 30.2 Å². The summed E-state index contributed by atoms with van der Waals surface area (Å²) in [4.78, 5) is 23.3. The van der Waals surface area contributed by atoms with Crippen LogP contribution in [0.2, 0.25) is 0 Å². The van der Waals surface area contributed by atoms with Crippen LogP contribution in [-0.2, 0) is 16.8 Å². The molecule has 172 valence electrons. The standard InChI is InChI=1S/C26H22FN3O3S/c27-20-11-15(12-30-13-16(14-30)25(32)33)1-6-19(20)23-28-21-7-8-22(29-24(21)34-23)26(9-10-26)17-2-4-18(31)5-3-17/h1-8,11,16,31H,9-10,12-14H2,(H,32,33). The number of aromatic hydroxyl groups is 1. The van der Waals surface area contributed by atoms with Gasteiger partial charge in [0.1, 0.15) is 26.9 Å². The SMILES string of the molecule is O=C(O)C1CN(Cc2ccc(-c3nc4ccc(C5(c6ccc(O)cc6)CC5)nc4s3)c(F)c2)C1. The van der Waals surface area contributed by atoms with Gasteiger partial charge in [-0.15, -0.1) is 0 Å². The van der Waals surface area contributed by atoms with Crippen molar-refractivity contribution in [2.45, 2.75) is 24.8 Å². The number of hydrogen-bond donors (Lipinski definition) is 2. The van der Waals surface area contributed by atoms with Crippen LogP contribution in [0.25, 0.3) is 20.9 Å². The molecule has 0 bridgehead atoms. The Bertz CT molecular complexity index is 1410. The summed E-state index contributed by atoms with van der Waals surface area (Å²) in [6.07, 6.45) is 2.00. The van der Waals surface area contributed by atoms with E-state index in [1.807, 2.05) is 35.2 Å². The topological polar surface area (TPSA) is 86.5 Å². The summed E-state index contributed by atoms with van der Waals surface area (Å²) in [5.41, 5.74) is 3.99. The Morgan fingerprint density at radius 3 is 2.53 bits per heavy atom. The van der Waals surface area contributed by atoms with Crippen molar-refractivity contribution in [3.63, 3.8) is 0 Å². The van der Waals surface area contributed by atoms with Gasteiger partial charge < -0.3 is 10.2 Å². The number of carboxylic acids is 1. The summed E-state index contributed by atoms with van der Waals surface area (Å²) in [6.45, 7) is 1.53. The smallest absolute Gasteiger partial charge is 0.309 e. The molecule has 1 aliphatic heterocycles. The molecule has 0 unspecified atom stereocenters. The number of rotatable bonds is 6. The first kappa shape index (κ1) is 21.2. The average molecular weight is 476 g/mol. The lowest BCUT2D eigenvalue weighted by Gasteiger charge is -2.36. The van der Waals surface area contributed by atoms with Gasteiger partial charge in [0.2, 0.25) is 0 Å². The molecular weight excluding hydrogens is 453 g/mol. The zero-order valence-electron chi connectivity index (χ0n) is 18.2. The maximum absolute atomic E-state index is 15.0. The van der Waals surface area contributed by atoms with Crippen LogP contribution >= 0.6 is 11.3 Å². The van der Waals surface area contributed by atoms with Crippen LogP contribution in [0.1, 0.15) is 29.7 Å². The molecule has 1 saturated carbocycles. The Kier molecular flexibility index (Phi) is 4.89. The van der Waals surface area contributed by atoms with Crippen LogP contribution in [0.5, 0.6) is 5.75 Å². The molecule has 0 atom stereocenters. The number of phenolic OH excluding ortho intramolecular Hbond substituents is 1. The molecule has 34 heavy (non-hydrogen) atoms. The molecule has 3 heterocycles. The third kappa shape index (κ3) is 3.63. The Balaban J connectivity index is 1.24. The molecule has 0 radical (unpaired) electrons. The van der Waals surface area contributed by atoms with E-state index >= 15 is 0 Å². The summed E-state index contributed by atoms with van der Waals surface area (Å²) >= 11 is 1.38. The van der Waals surface area contributed by atoms with Gasteiger partial charge >= 0.3 is 5.97 Å². The van der Waals surface area contributed by atoms with Crippen molar-refractivity contribution in [1.82, 2.24) is 14.9 Å². The first-order valence-corrected chi connectivity index (χ1v) is 12.0. The highest BCUT2D eigenvalue weighted by molar-refractivity contribution is 7.21. The number of hydrogen-bond acceptors (Lipinski definition) is 6. The average Bonchev–Trinajstić information content (AvgIpc) is 3.49. The van der Waals surface area contributed by atoms with Crippen molar-refractivity contribution >= 4 is 27.7 Å². The number of fused-ring (bicyclic) bond motifs is 1.